The largest absolute Gasteiger partial charge is 0.452 e. The van der Waals surface area contributed by atoms with Gasteiger partial charge in [-0.15, -0.1) is 0 Å². The molecule has 0 heterocycles. The fraction of sp³-hybridized carbons (Fsp3) is 0.429. The molecule has 4 nitrogen and oxygen atoms in total. The summed E-state index contributed by atoms with van der Waals surface area (Å²) in [6.07, 6.45) is -8.61. The highest BCUT2D eigenvalue weighted by molar-refractivity contribution is 5.91. The number of rotatable bonds is 4. The highest BCUT2D eigenvalue weighted by Crippen LogP contribution is 2.36. The summed E-state index contributed by atoms with van der Waals surface area (Å²) in [5.41, 5.74) is -4.20. The van der Waals surface area contributed by atoms with Crippen molar-refractivity contribution in [3.63, 3.8) is 0 Å². The van der Waals surface area contributed by atoms with Gasteiger partial charge in [-0.2, -0.15) is 26.3 Å². The van der Waals surface area contributed by atoms with E-state index in [0.717, 1.165) is 12.8 Å². The van der Waals surface area contributed by atoms with Crippen molar-refractivity contribution in [3.05, 3.63) is 34.9 Å². The Morgan fingerprint density at radius 3 is 1.92 bits per heavy atom. The van der Waals surface area contributed by atoms with Gasteiger partial charge in [0.1, 0.15) is 0 Å². The van der Waals surface area contributed by atoms with Crippen molar-refractivity contribution in [2.75, 3.05) is 6.61 Å². The maximum atomic E-state index is 12.7. The van der Waals surface area contributed by atoms with Gasteiger partial charge in [0, 0.05) is 6.04 Å². The molecule has 0 atom stereocenters. The van der Waals surface area contributed by atoms with Gasteiger partial charge < -0.3 is 10.1 Å². The third kappa shape index (κ3) is 4.87. The fourth-order valence-electron chi connectivity index (χ4n) is 1.78. The van der Waals surface area contributed by atoms with E-state index in [1.165, 1.54) is 0 Å². The van der Waals surface area contributed by atoms with Crippen LogP contribution in [0.1, 0.15) is 34.3 Å². The number of carbonyl (C=O) groups is 2. The lowest BCUT2D eigenvalue weighted by molar-refractivity contribution is -0.143. The minimum atomic E-state index is -5.07. The van der Waals surface area contributed by atoms with E-state index in [-0.39, 0.29) is 24.2 Å². The van der Waals surface area contributed by atoms with Crippen molar-refractivity contribution in [1.82, 2.24) is 5.32 Å². The van der Waals surface area contributed by atoms with E-state index in [4.69, 9.17) is 0 Å². The van der Waals surface area contributed by atoms with Crippen molar-refractivity contribution in [3.8, 4) is 0 Å². The number of alkyl halides is 6. The number of nitrogens with one attached hydrogen (secondary N) is 1. The van der Waals surface area contributed by atoms with Crippen molar-refractivity contribution in [1.29, 1.82) is 0 Å². The molecular formula is C14H11F6NO3. The van der Waals surface area contributed by atoms with Crippen molar-refractivity contribution in [2.24, 2.45) is 0 Å². The molecule has 1 N–H and O–H groups in total. The van der Waals surface area contributed by atoms with Crippen molar-refractivity contribution >= 4 is 11.9 Å². The zero-order chi connectivity index (χ0) is 18.1. The van der Waals surface area contributed by atoms with Gasteiger partial charge in [-0.1, -0.05) is 0 Å². The van der Waals surface area contributed by atoms with Crippen LogP contribution >= 0.6 is 0 Å². The predicted molar refractivity (Wildman–Crippen MR) is 67.9 cm³/mol. The van der Waals surface area contributed by atoms with Gasteiger partial charge in [0.05, 0.1) is 16.7 Å². The molecule has 0 bridgehead atoms. The Bertz CT molecular complexity index is 617. The molecule has 1 amide bonds. The van der Waals surface area contributed by atoms with Gasteiger partial charge in [0.15, 0.2) is 6.61 Å². The number of esters is 1. The quantitative estimate of drug-likeness (QED) is 0.667. The Morgan fingerprint density at radius 1 is 1.00 bits per heavy atom. The fourth-order valence-corrected chi connectivity index (χ4v) is 1.78. The second-order valence-corrected chi connectivity index (χ2v) is 5.21. The van der Waals surface area contributed by atoms with E-state index >= 15 is 0 Å². The van der Waals surface area contributed by atoms with Gasteiger partial charge >= 0.3 is 18.3 Å². The van der Waals surface area contributed by atoms with E-state index in [1.54, 1.807) is 0 Å². The lowest BCUT2D eigenvalue weighted by Crippen LogP contribution is -2.30. The van der Waals surface area contributed by atoms with Gasteiger partial charge in [0.2, 0.25) is 0 Å². The van der Waals surface area contributed by atoms with E-state index in [2.05, 4.69) is 10.1 Å². The van der Waals surface area contributed by atoms with E-state index < -0.39 is 47.5 Å². The molecule has 1 aliphatic carbocycles. The second-order valence-electron chi connectivity index (χ2n) is 5.21. The average Bonchev–Trinajstić information content (AvgIpc) is 3.26. The van der Waals surface area contributed by atoms with Crippen LogP contribution in [0.4, 0.5) is 26.3 Å². The molecule has 1 fully saturated rings. The van der Waals surface area contributed by atoms with Crippen LogP contribution in [0.2, 0.25) is 0 Å². The van der Waals surface area contributed by atoms with Crippen LogP contribution in [-0.2, 0) is 21.9 Å². The summed E-state index contributed by atoms with van der Waals surface area (Å²) in [5, 5.41) is 2.46. The van der Waals surface area contributed by atoms with Crippen LogP contribution in [0.15, 0.2) is 18.2 Å². The molecule has 2 rings (SSSR count). The minimum absolute atomic E-state index is 0.0263. The standard InChI is InChI=1S/C14H11F6NO3/c15-13(16,17)8-3-7(4-9(5-8)14(18,19)20)12(23)24-6-11(22)21-10-1-2-10/h3-5,10H,1-2,6H2,(H,21,22). The highest BCUT2D eigenvalue weighted by atomic mass is 19.4. The lowest BCUT2D eigenvalue weighted by Gasteiger charge is -2.13. The molecule has 1 aromatic carbocycles. The average molecular weight is 355 g/mol. The minimum Gasteiger partial charge on any atom is -0.452 e. The molecule has 24 heavy (non-hydrogen) atoms. The van der Waals surface area contributed by atoms with E-state index in [9.17, 15) is 35.9 Å². The third-order valence-corrected chi connectivity index (χ3v) is 3.10. The molecule has 0 aromatic heterocycles. The summed E-state index contributed by atoms with van der Waals surface area (Å²) in [6, 6.07) is 0.366. The maximum Gasteiger partial charge on any atom is 0.416 e. The van der Waals surface area contributed by atoms with E-state index in [1.807, 2.05) is 0 Å². The van der Waals surface area contributed by atoms with Crippen LogP contribution in [0, 0.1) is 0 Å². The third-order valence-electron chi connectivity index (χ3n) is 3.10. The number of benzene rings is 1. The molecule has 0 aliphatic heterocycles. The molecule has 0 unspecified atom stereocenters. The molecule has 1 saturated carbocycles. The van der Waals surface area contributed by atoms with Gasteiger partial charge in [-0.05, 0) is 31.0 Å². The number of halogens is 6. The number of amides is 1. The summed E-state index contributed by atoms with van der Waals surface area (Å²) < 4.78 is 80.6. The molecule has 0 radical (unpaired) electrons. The van der Waals surface area contributed by atoms with Gasteiger partial charge in [-0.3, -0.25) is 4.79 Å². The zero-order valence-electron chi connectivity index (χ0n) is 11.9. The topological polar surface area (TPSA) is 55.4 Å². The first-order valence-electron chi connectivity index (χ1n) is 6.73. The predicted octanol–water partition coefficient (Wildman–Crippen LogP) is 3.16. The molecule has 0 saturated heterocycles. The number of carbonyl (C=O) groups excluding carboxylic acids is 2. The molecule has 132 valence electrons. The van der Waals surface area contributed by atoms with Crippen LogP contribution in [0.25, 0.3) is 0 Å². The highest BCUT2D eigenvalue weighted by Gasteiger charge is 2.37. The Balaban J connectivity index is 2.17. The lowest BCUT2D eigenvalue weighted by atomic mass is 10.0. The number of hydrogen-bond donors (Lipinski definition) is 1. The Labute approximate surface area is 131 Å². The SMILES string of the molecule is O=C(COC(=O)c1cc(C(F)(F)F)cc(C(F)(F)F)c1)NC1CC1. The number of ether oxygens (including phenoxy) is 1. The van der Waals surface area contributed by atoms with Crippen LogP contribution < -0.4 is 5.32 Å². The summed E-state index contributed by atoms with van der Waals surface area (Å²) in [5.74, 6) is -2.12. The first-order chi connectivity index (χ1) is 11.0. The second kappa shape index (κ2) is 6.33. The van der Waals surface area contributed by atoms with Crippen molar-refractivity contribution in [2.45, 2.75) is 31.2 Å². The smallest absolute Gasteiger partial charge is 0.416 e. The van der Waals surface area contributed by atoms with Gasteiger partial charge in [0.25, 0.3) is 5.91 Å². The van der Waals surface area contributed by atoms with Crippen molar-refractivity contribution < 1.29 is 40.7 Å². The molecular weight excluding hydrogens is 344 g/mol. The normalized spacial score (nSPS) is 15.1. The first-order valence-corrected chi connectivity index (χ1v) is 6.73. The van der Waals surface area contributed by atoms with E-state index in [0.29, 0.717) is 0 Å². The number of hydrogen-bond acceptors (Lipinski definition) is 3. The van der Waals surface area contributed by atoms with Crippen LogP contribution in [-0.4, -0.2) is 24.5 Å². The summed E-state index contributed by atoms with van der Waals surface area (Å²) >= 11 is 0. The summed E-state index contributed by atoms with van der Waals surface area (Å²) in [4.78, 5) is 23.0. The van der Waals surface area contributed by atoms with Crippen LogP contribution in [0.5, 0.6) is 0 Å². The van der Waals surface area contributed by atoms with Crippen LogP contribution in [0.3, 0.4) is 0 Å². The Morgan fingerprint density at radius 2 is 1.50 bits per heavy atom. The molecule has 1 aliphatic rings. The summed E-state index contributed by atoms with van der Waals surface area (Å²) in [7, 11) is 0. The molecule has 0 spiro atoms. The maximum absolute atomic E-state index is 12.7. The Kier molecular flexibility index (Phi) is 4.77. The monoisotopic (exact) mass is 355 g/mol. The van der Waals surface area contributed by atoms with Gasteiger partial charge in [-0.25, -0.2) is 4.79 Å². The Hall–Kier alpha value is -2.26. The zero-order valence-corrected chi connectivity index (χ0v) is 11.9. The molecule has 1 aromatic rings. The summed E-state index contributed by atoms with van der Waals surface area (Å²) in [6.45, 7) is -0.785. The molecule has 10 heteroatoms. The first kappa shape index (κ1) is 18.1.